The average molecular weight is 415 g/mol. The number of rotatable bonds is 9. The quantitative estimate of drug-likeness (QED) is 0.574. The molecular formula is C21H22FN3O3S. The van der Waals surface area contributed by atoms with Crippen LogP contribution in [-0.4, -0.2) is 49.6 Å². The highest BCUT2D eigenvalue weighted by Gasteiger charge is 2.11. The van der Waals surface area contributed by atoms with Crippen LogP contribution in [0.1, 0.15) is 0 Å². The van der Waals surface area contributed by atoms with Gasteiger partial charge in [0.15, 0.2) is 5.13 Å². The predicted octanol–water partition coefficient (Wildman–Crippen LogP) is 3.91. The lowest BCUT2D eigenvalue weighted by Gasteiger charge is -2.16. The van der Waals surface area contributed by atoms with Gasteiger partial charge >= 0.3 is 0 Å². The van der Waals surface area contributed by atoms with Crippen molar-refractivity contribution >= 4 is 22.4 Å². The smallest absolute Gasteiger partial charge is 0.240 e. The van der Waals surface area contributed by atoms with Crippen molar-refractivity contribution in [2.24, 2.45) is 0 Å². The molecule has 1 amide bonds. The van der Waals surface area contributed by atoms with Crippen LogP contribution in [0, 0.1) is 5.82 Å². The maximum Gasteiger partial charge on any atom is 0.240 e. The number of benzene rings is 2. The molecule has 0 saturated carbocycles. The summed E-state index contributed by atoms with van der Waals surface area (Å²) in [6.45, 7) is 1.16. The number of anilines is 1. The molecule has 1 N–H and O–H groups in total. The topological polar surface area (TPSA) is 63.7 Å². The summed E-state index contributed by atoms with van der Waals surface area (Å²) < 4.78 is 23.6. The van der Waals surface area contributed by atoms with Crippen molar-refractivity contribution in [3.8, 4) is 22.8 Å². The Morgan fingerprint density at radius 2 is 1.83 bits per heavy atom. The van der Waals surface area contributed by atoms with Crippen LogP contribution in [0.4, 0.5) is 9.52 Å². The molecule has 0 spiro atoms. The van der Waals surface area contributed by atoms with Crippen molar-refractivity contribution in [1.29, 1.82) is 0 Å². The highest BCUT2D eigenvalue weighted by atomic mass is 32.1. The molecular weight excluding hydrogens is 393 g/mol. The molecule has 1 heterocycles. The van der Waals surface area contributed by atoms with Crippen LogP contribution in [0.2, 0.25) is 0 Å². The van der Waals surface area contributed by atoms with Crippen molar-refractivity contribution in [2.45, 2.75) is 0 Å². The number of carbonyl (C=O) groups is 1. The Labute approximate surface area is 172 Å². The molecule has 0 aliphatic carbocycles. The van der Waals surface area contributed by atoms with Crippen LogP contribution in [0.5, 0.6) is 11.5 Å². The summed E-state index contributed by atoms with van der Waals surface area (Å²) in [6, 6.07) is 13.4. The molecule has 1 aromatic heterocycles. The molecule has 2 aromatic carbocycles. The highest BCUT2D eigenvalue weighted by molar-refractivity contribution is 7.14. The molecule has 6 nitrogen and oxygen atoms in total. The van der Waals surface area contributed by atoms with E-state index in [2.05, 4.69) is 10.3 Å². The predicted molar refractivity (Wildman–Crippen MR) is 112 cm³/mol. The lowest BCUT2D eigenvalue weighted by Crippen LogP contribution is -2.33. The molecule has 0 unspecified atom stereocenters. The molecule has 3 aromatic rings. The van der Waals surface area contributed by atoms with E-state index in [-0.39, 0.29) is 18.3 Å². The third kappa shape index (κ3) is 6.27. The lowest BCUT2D eigenvalue weighted by molar-refractivity contribution is -0.117. The zero-order chi connectivity index (χ0) is 20.6. The van der Waals surface area contributed by atoms with Crippen LogP contribution in [0.25, 0.3) is 11.3 Å². The molecule has 0 bridgehead atoms. The van der Waals surface area contributed by atoms with Gasteiger partial charge in [-0.2, -0.15) is 0 Å². The minimum Gasteiger partial charge on any atom is -0.497 e. The molecule has 29 heavy (non-hydrogen) atoms. The van der Waals surface area contributed by atoms with Gasteiger partial charge in [-0.1, -0.05) is 0 Å². The van der Waals surface area contributed by atoms with Crippen molar-refractivity contribution in [3.05, 3.63) is 59.7 Å². The summed E-state index contributed by atoms with van der Waals surface area (Å²) in [7, 11) is 3.45. The molecule has 0 saturated heterocycles. The first-order chi connectivity index (χ1) is 14.0. The summed E-state index contributed by atoms with van der Waals surface area (Å²) >= 11 is 1.38. The van der Waals surface area contributed by atoms with E-state index in [1.54, 1.807) is 19.2 Å². The number of nitrogens with zero attached hydrogens (tertiary/aromatic N) is 2. The third-order valence-corrected chi connectivity index (χ3v) is 4.86. The summed E-state index contributed by atoms with van der Waals surface area (Å²) in [5.74, 6) is 0.926. The summed E-state index contributed by atoms with van der Waals surface area (Å²) in [4.78, 5) is 18.5. The van der Waals surface area contributed by atoms with Gasteiger partial charge in [0.2, 0.25) is 5.91 Å². The Balaban J connectivity index is 1.43. The number of aromatic nitrogens is 1. The van der Waals surface area contributed by atoms with Gasteiger partial charge in [0.25, 0.3) is 0 Å². The summed E-state index contributed by atoms with van der Waals surface area (Å²) in [5.41, 5.74) is 1.76. The second-order valence-corrected chi connectivity index (χ2v) is 7.21. The second kappa shape index (κ2) is 9.99. The number of halogens is 1. The Bertz CT molecular complexity index is 929. The average Bonchev–Trinajstić information content (AvgIpc) is 3.17. The number of thiazole rings is 1. The van der Waals surface area contributed by atoms with E-state index in [1.807, 2.05) is 41.6 Å². The number of hydrogen-bond donors (Lipinski definition) is 1. The Hall–Kier alpha value is -2.97. The molecule has 8 heteroatoms. The largest absolute Gasteiger partial charge is 0.497 e. The summed E-state index contributed by atoms with van der Waals surface area (Å²) in [5, 5.41) is 5.27. The van der Waals surface area contributed by atoms with Crippen LogP contribution in [0.3, 0.4) is 0 Å². The van der Waals surface area contributed by atoms with Crippen LogP contribution in [-0.2, 0) is 4.79 Å². The van der Waals surface area contributed by atoms with Crippen molar-refractivity contribution in [3.63, 3.8) is 0 Å². The maximum atomic E-state index is 12.9. The van der Waals surface area contributed by atoms with Crippen LogP contribution >= 0.6 is 11.3 Å². The fraction of sp³-hybridized carbons (Fsp3) is 0.238. The van der Waals surface area contributed by atoms with Crippen LogP contribution < -0.4 is 14.8 Å². The minimum atomic E-state index is -0.302. The Morgan fingerprint density at radius 1 is 1.14 bits per heavy atom. The molecule has 0 aliphatic rings. The number of nitrogens with one attached hydrogen (secondary N) is 1. The fourth-order valence-electron chi connectivity index (χ4n) is 2.56. The van der Waals surface area contributed by atoms with E-state index in [0.29, 0.717) is 24.0 Å². The summed E-state index contributed by atoms with van der Waals surface area (Å²) in [6.07, 6.45) is 0. The van der Waals surface area contributed by atoms with Crippen molar-refractivity contribution in [2.75, 3.05) is 39.2 Å². The van der Waals surface area contributed by atoms with Gasteiger partial charge in [0.05, 0.1) is 19.3 Å². The van der Waals surface area contributed by atoms with Gasteiger partial charge in [-0.15, -0.1) is 11.3 Å². The molecule has 0 aliphatic heterocycles. The van der Waals surface area contributed by atoms with E-state index >= 15 is 0 Å². The minimum absolute atomic E-state index is 0.148. The number of amides is 1. The van der Waals surface area contributed by atoms with E-state index in [9.17, 15) is 9.18 Å². The molecule has 0 radical (unpaired) electrons. The zero-order valence-electron chi connectivity index (χ0n) is 16.2. The third-order valence-electron chi connectivity index (χ3n) is 4.11. The molecule has 0 fully saturated rings. The number of hydrogen-bond acceptors (Lipinski definition) is 6. The van der Waals surface area contributed by atoms with Crippen molar-refractivity contribution < 1.29 is 18.7 Å². The van der Waals surface area contributed by atoms with Gasteiger partial charge in [-0.05, 0) is 55.6 Å². The SMILES string of the molecule is COc1ccc(-c2csc(NC(=O)CN(C)CCOc3ccc(F)cc3)n2)cc1. The van der Waals surface area contributed by atoms with Crippen LogP contribution in [0.15, 0.2) is 53.9 Å². The van der Waals surface area contributed by atoms with Gasteiger partial charge in [0.1, 0.15) is 23.9 Å². The molecule has 3 rings (SSSR count). The Morgan fingerprint density at radius 3 is 2.52 bits per heavy atom. The van der Waals surface area contributed by atoms with Gasteiger partial charge in [-0.3, -0.25) is 9.69 Å². The number of carbonyl (C=O) groups excluding carboxylic acids is 1. The van der Waals surface area contributed by atoms with E-state index in [0.717, 1.165) is 17.0 Å². The van der Waals surface area contributed by atoms with Gasteiger partial charge in [0, 0.05) is 17.5 Å². The fourth-order valence-corrected chi connectivity index (χ4v) is 3.29. The van der Waals surface area contributed by atoms with Gasteiger partial charge < -0.3 is 14.8 Å². The number of likely N-dealkylation sites (N-methyl/N-ethyl adjacent to an activating group) is 1. The van der Waals surface area contributed by atoms with E-state index in [1.165, 1.54) is 23.5 Å². The molecule has 152 valence electrons. The molecule has 0 atom stereocenters. The highest BCUT2D eigenvalue weighted by Crippen LogP contribution is 2.26. The maximum absolute atomic E-state index is 12.9. The zero-order valence-corrected chi connectivity index (χ0v) is 17.0. The normalized spacial score (nSPS) is 10.8. The van der Waals surface area contributed by atoms with E-state index in [4.69, 9.17) is 9.47 Å². The first kappa shape index (κ1) is 20.8. The second-order valence-electron chi connectivity index (χ2n) is 6.35. The number of ether oxygens (including phenoxy) is 2. The monoisotopic (exact) mass is 415 g/mol. The Kier molecular flexibility index (Phi) is 7.15. The van der Waals surface area contributed by atoms with E-state index < -0.39 is 0 Å². The number of methoxy groups -OCH3 is 1. The lowest BCUT2D eigenvalue weighted by atomic mass is 10.2. The standard InChI is InChI=1S/C21H22FN3O3S/c1-25(11-12-28-18-9-5-16(22)6-10-18)13-20(26)24-21-23-19(14-29-21)15-3-7-17(27-2)8-4-15/h3-10,14H,11-13H2,1-2H3,(H,23,24,26). The first-order valence-electron chi connectivity index (χ1n) is 9.00. The van der Waals surface area contributed by atoms with Crippen molar-refractivity contribution in [1.82, 2.24) is 9.88 Å². The van der Waals surface area contributed by atoms with Gasteiger partial charge in [-0.25, -0.2) is 9.37 Å². The first-order valence-corrected chi connectivity index (χ1v) is 9.88.